The molecule has 1 heterocycles. The maximum atomic E-state index is 14.2. The number of thioether (sulfide) groups is 1. The molecule has 3 aromatic rings. The van der Waals surface area contributed by atoms with E-state index in [9.17, 15) is 13.6 Å². The van der Waals surface area contributed by atoms with Gasteiger partial charge in [-0.2, -0.15) is 0 Å². The summed E-state index contributed by atoms with van der Waals surface area (Å²) in [7, 11) is 3.79. The van der Waals surface area contributed by atoms with E-state index in [-0.39, 0.29) is 5.56 Å². The van der Waals surface area contributed by atoms with E-state index in [1.807, 2.05) is 43.5 Å². The Bertz CT molecular complexity index is 975. The van der Waals surface area contributed by atoms with Crippen molar-refractivity contribution in [3.05, 3.63) is 53.6 Å². The molecule has 0 unspecified atom stereocenters. The maximum Gasteiger partial charge on any atom is 0.263 e. The van der Waals surface area contributed by atoms with Crippen molar-refractivity contribution in [3.8, 4) is 0 Å². The van der Waals surface area contributed by atoms with Crippen LogP contribution in [0.1, 0.15) is 10.4 Å². The number of thiazole rings is 1. The van der Waals surface area contributed by atoms with Crippen molar-refractivity contribution in [2.75, 3.05) is 38.3 Å². The van der Waals surface area contributed by atoms with Crippen LogP contribution >= 0.6 is 23.1 Å². The monoisotopic (exact) mass is 407 g/mol. The van der Waals surface area contributed by atoms with Gasteiger partial charge in [-0.1, -0.05) is 11.3 Å². The standard InChI is InChI=1S/C19H19F2N3OS2/c1-23(2)8-9-24(18(25)14-6-4-12(20)10-15(14)21)19-22-16-7-5-13(26-3)11-17(16)27-19/h4-7,10-11H,8-9H2,1-3H3. The molecule has 27 heavy (non-hydrogen) atoms. The van der Waals surface area contributed by atoms with E-state index < -0.39 is 17.5 Å². The van der Waals surface area contributed by atoms with Crippen molar-refractivity contribution in [1.82, 2.24) is 9.88 Å². The van der Waals surface area contributed by atoms with Crippen molar-refractivity contribution in [2.45, 2.75) is 4.90 Å². The molecule has 0 atom stereocenters. The number of aromatic nitrogens is 1. The molecule has 1 aromatic heterocycles. The lowest BCUT2D eigenvalue weighted by molar-refractivity contribution is 0.0981. The van der Waals surface area contributed by atoms with E-state index >= 15 is 0 Å². The lowest BCUT2D eigenvalue weighted by atomic mass is 10.2. The summed E-state index contributed by atoms with van der Waals surface area (Å²) in [5.74, 6) is -2.12. The summed E-state index contributed by atoms with van der Waals surface area (Å²) in [6, 6.07) is 8.89. The van der Waals surface area contributed by atoms with Crippen LogP contribution in [-0.2, 0) is 0 Å². The van der Waals surface area contributed by atoms with E-state index in [0.29, 0.717) is 18.2 Å². The summed E-state index contributed by atoms with van der Waals surface area (Å²) in [6.45, 7) is 0.929. The number of amides is 1. The lowest BCUT2D eigenvalue weighted by Crippen LogP contribution is -2.37. The zero-order valence-corrected chi connectivity index (χ0v) is 16.8. The zero-order valence-electron chi connectivity index (χ0n) is 15.2. The van der Waals surface area contributed by atoms with Crippen molar-refractivity contribution >= 4 is 44.4 Å². The highest BCUT2D eigenvalue weighted by molar-refractivity contribution is 7.98. The second-order valence-corrected chi connectivity index (χ2v) is 8.10. The number of carbonyl (C=O) groups excluding carboxylic acids is 1. The molecule has 1 amide bonds. The smallest absolute Gasteiger partial charge is 0.263 e. The normalized spacial score (nSPS) is 11.3. The van der Waals surface area contributed by atoms with Crippen molar-refractivity contribution in [3.63, 3.8) is 0 Å². The van der Waals surface area contributed by atoms with Crippen LogP contribution in [0, 0.1) is 11.6 Å². The topological polar surface area (TPSA) is 36.4 Å². The molecule has 2 aromatic carbocycles. The third kappa shape index (κ3) is 4.45. The molecule has 0 fully saturated rings. The first-order valence-corrected chi connectivity index (χ1v) is 10.3. The van der Waals surface area contributed by atoms with E-state index in [0.717, 1.165) is 27.2 Å². The molecule has 8 heteroatoms. The minimum Gasteiger partial charge on any atom is -0.308 e. The number of likely N-dealkylation sites (N-methyl/N-ethyl adjacent to an activating group) is 1. The number of rotatable bonds is 6. The average molecular weight is 408 g/mol. The summed E-state index contributed by atoms with van der Waals surface area (Å²) in [5.41, 5.74) is 0.620. The first kappa shape index (κ1) is 19.7. The minimum atomic E-state index is -0.874. The number of halogens is 2. The molecule has 0 saturated heterocycles. The fraction of sp³-hybridized carbons (Fsp3) is 0.263. The highest BCUT2D eigenvalue weighted by Crippen LogP contribution is 2.32. The molecule has 3 rings (SSSR count). The summed E-state index contributed by atoms with van der Waals surface area (Å²) in [5, 5.41) is 0.499. The highest BCUT2D eigenvalue weighted by Gasteiger charge is 2.24. The highest BCUT2D eigenvalue weighted by atomic mass is 32.2. The maximum absolute atomic E-state index is 14.2. The van der Waals surface area contributed by atoms with Gasteiger partial charge in [-0.15, -0.1) is 11.8 Å². The lowest BCUT2D eigenvalue weighted by Gasteiger charge is -2.22. The van der Waals surface area contributed by atoms with Crippen LogP contribution < -0.4 is 4.90 Å². The number of hydrogen-bond donors (Lipinski definition) is 0. The van der Waals surface area contributed by atoms with E-state index in [1.54, 1.807) is 11.8 Å². The number of anilines is 1. The van der Waals surface area contributed by atoms with Gasteiger partial charge in [-0.05, 0) is 50.7 Å². The second-order valence-electron chi connectivity index (χ2n) is 6.21. The van der Waals surface area contributed by atoms with Crippen molar-refractivity contribution in [2.24, 2.45) is 0 Å². The van der Waals surface area contributed by atoms with E-state index in [4.69, 9.17) is 0 Å². The fourth-order valence-corrected chi connectivity index (χ4v) is 4.07. The number of hydrogen-bond acceptors (Lipinski definition) is 5. The Morgan fingerprint density at radius 2 is 1.93 bits per heavy atom. The molecule has 0 aliphatic carbocycles. The Morgan fingerprint density at radius 3 is 2.59 bits per heavy atom. The third-order valence-electron chi connectivity index (χ3n) is 3.99. The van der Waals surface area contributed by atoms with Gasteiger partial charge in [0.2, 0.25) is 0 Å². The number of carbonyl (C=O) groups is 1. The molecule has 0 spiro atoms. The predicted octanol–water partition coefficient (Wildman–Crippen LogP) is 4.50. The average Bonchev–Trinajstić information content (AvgIpc) is 3.04. The van der Waals surface area contributed by atoms with Gasteiger partial charge in [-0.3, -0.25) is 9.69 Å². The van der Waals surface area contributed by atoms with Crippen LogP contribution in [0.3, 0.4) is 0 Å². The molecule has 0 N–H and O–H groups in total. The van der Waals surface area contributed by atoms with Crippen LogP contribution in [0.15, 0.2) is 41.3 Å². The Hall–Kier alpha value is -2.03. The molecule has 4 nitrogen and oxygen atoms in total. The number of fused-ring (bicyclic) bond motifs is 1. The summed E-state index contributed by atoms with van der Waals surface area (Å²) in [6.07, 6.45) is 1.99. The first-order valence-electron chi connectivity index (χ1n) is 8.25. The largest absolute Gasteiger partial charge is 0.308 e. The Balaban J connectivity index is 2.01. The predicted molar refractivity (Wildman–Crippen MR) is 108 cm³/mol. The quantitative estimate of drug-likeness (QED) is 0.564. The molecular weight excluding hydrogens is 388 g/mol. The summed E-state index contributed by atoms with van der Waals surface area (Å²) in [4.78, 5) is 22.1. The van der Waals surface area contributed by atoms with Crippen LogP contribution in [-0.4, -0.2) is 49.2 Å². The molecule has 0 aliphatic rings. The van der Waals surface area contributed by atoms with E-state index in [2.05, 4.69) is 4.98 Å². The third-order valence-corrected chi connectivity index (χ3v) is 5.76. The fourth-order valence-electron chi connectivity index (χ4n) is 2.53. The molecule has 142 valence electrons. The summed E-state index contributed by atoms with van der Waals surface area (Å²) < 4.78 is 28.3. The molecule has 0 saturated carbocycles. The van der Waals surface area contributed by atoms with Gasteiger partial charge in [0.15, 0.2) is 5.13 Å². The first-order chi connectivity index (χ1) is 12.9. The Morgan fingerprint density at radius 1 is 1.15 bits per heavy atom. The van der Waals surface area contributed by atoms with Gasteiger partial charge in [0.1, 0.15) is 11.6 Å². The van der Waals surface area contributed by atoms with Gasteiger partial charge in [0.25, 0.3) is 5.91 Å². The molecule has 0 aliphatic heterocycles. The SMILES string of the molecule is CSc1ccc2nc(N(CCN(C)C)C(=O)c3ccc(F)cc3F)sc2c1. The van der Waals surface area contributed by atoms with E-state index in [1.165, 1.54) is 22.3 Å². The van der Waals surface area contributed by atoms with Gasteiger partial charge in [0, 0.05) is 24.1 Å². The van der Waals surface area contributed by atoms with Crippen LogP contribution in [0.4, 0.5) is 13.9 Å². The van der Waals surface area contributed by atoms with Gasteiger partial charge in [-0.25, -0.2) is 13.8 Å². The van der Waals surface area contributed by atoms with Crippen LogP contribution in [0.2, 0.25) is 0 Å². The van der Waals surface area contributed by atoms with Crippen molar-refractivity contribution in [1.29, 1.82) is 0 Å². The number of nitrogens with zero attached hydrogens (tertiary/aromatic N) is 3. The minimum absolute atomic E-state index is 0.167. The van der Waals surface area contributed by atoms with Gasteiger partial charge < -0.3 is 4.90 Å². The Labute approximate surface area is 164 Å². The van der Waals surface area contributed by atoms with Crippen molar-refractivity contribution < 1.29 is 13.6 Å². The summed E-state index contributed by atoms with van der Waals surface area (Å²) >= 11 is 3.01. The molecular formula is C19H19F2N3OS2. The van der Waals surface area contributed by atoms with Gasteiger partial charge >= 0.3 is 0 Å². The Kier molecular flexibility index (Phi) is 6.08. The van der Waals surface area contributed by atoms with Gasteiger partial charge in [0.05, 0.1) is 15.8 Å². The number of benzene rings is 2. The van der Waals surface area contributed by atoms with Crippen LogP contribution in [0.25, 0.3) is 10.2 Å². The molecule has 0 radical (unpaired) electrons. The zero-order chi connectivity index (χ0) is 19.6. The second kappa shape index (κ2) is 8.33. The van der Waals surface area contributed by atoms with Crippen LogP contribution in [0.5, 0.6) is 0 Å². The molecule has 0 bridgehead atoms.